The van der Waals surface area contributed by atoms with Gasteiger partial charge in [-0.15, -0.1) is 0 Å². The van der Waals surface area contributed by atoms with Crippen molar-refractivity contribution in [2.45, 2.75) is 12.3 Å². The molecule has 1 aromatic heterocycles. The second-order valence-electron chi connectivity index (χ2n) is 5.78. The third-order valence-electron chi connectivity index (χ3n) is 4.23. The molecule has 4 rings (SSSR count). The van der Waals surface area contributed by atoms with Crippen LogP contribution in [0.25, 0.3) is 0 Å². The fourth-order valence-electron chi connectivity index (χ4n) is 3.03. The molecule has 1 amide bonds. The molecule has 5 nitrogen and oxygen atoms in total. The maximum atomic E-state index is 12.1. The van der Waals surface area contributed by atoms with E-state index in [0.717, 1.165) is 28.7 Å². The molecular formula is C16H15Cl2N3O2S. The van der Waals surface area contributed by atoms with Gasteiger partial charge in [0.2, 0.25) is 5.91 Å². The summed E-state index contributed by atoms with van der Waals surface area (Å²) in [5, 5.41) is 4.96. The number of aromatic nitrogens is 1. The average molecular weight is 384 g/mol. The van der Waals surface area contributed by atoms with Crippen molar-refractivity contribution in [1.29, 1.82) is 0 Å². The highest BCUT2D eigenvalue weighted by molar-refractivity contribution is 7.16. The van der Waals surface area contributed by atoms with Crippen molar-refractivity contribution in [2.75, 3.05) is 36.5 Å². The Morgan fingerprint density at radius 3 is 2.83 bits per heavy atom. The minimum atomic E-state index is -0.0918. The zero-order valence-electron chi connectivity index (χ0n) is 12.7. The quantitative estimate of drug-likeness (QED) is 0.857. The van der Waals surface area contributed by atoms with Gasteiger partial charge in [-0.05, 0) is 17.7 Å². The third-order valence-corrected chi connectivity index (χ3v) is 6.02. The highest BCUT2D eigenvalue weighted by Crippen LogP contribution is 2.45. The van der Waals surface area contributed by atoms with Crippen LogP contribution < -0.4 is 10.2 Å². The van der Waals surface area contributed by atoms with Gasteiger partial charge in [-0.1, -0.05) is 40.6 Å². The Hall–Kier alpha value is -1.34. The monoisotopic (exact) mass is 383 g/mol. The number of nitrogens with one attached hydrogen (secondary N) is 1. The summed E-state index contributed by atoms with van der Waals surface area (Å²) in [6.07, 6.45) is 0.360. The summed E-state index contributed by atoms with van der Waals surface area (Å²) < 4.78 is 5.39. The van der Waals surface area contributed by atoms with Crippen LogP contribution in [0.5, 0.6) is 0 Å². The van der Waals surface area contributed by atoms with Gasteiger partial charge < -0.3 is 15.0 Å². The first-order chi connectivity index (χ1) is 11.6. The van der Waals surface area contributed by atoms with Crippen molar-refractivity contribution in [3.05, 3.63) is 38.7 Å². The molecule has 24 heavy (non-hydrogen) atoms. The molecule has 0 bridgehead atoms. The number of morpholine rings is 1. The van der Waals surface area contributed by atoms with E-state index in [1.54, 1.807) is 23.5 Å². The van der Waals surface area contributed by atoms with Crippen LogP contribution in [0.3, 0.4) is 0 Å². The van der Waals surface area contributed by atoms with E-state index < -0.39 is 0 Å². The first kappa shape index (κ1) is 16.1. The van der Waals surface area contributed by atoms with E-state index in [9.17, 15) is 4.79 Å². The van der Waals surface area contributed by atoms with Gasteiger partial charge in [-0.25, -0.2) is 4.98 Å². The van der Waals surface area contributed by atoms with Gasteiger partial charge in [-0.2, -0.15) is 0 Å². The summed E-state index contributed by atoms with van der Waals surface area (Å²) in [5.41, 5.74) is 0.911. The normalized spacial score (nSPS) is 20.7. The van der Waals surface area contributed by atoms with Crippen LogP contribution in [-0.4, -0.2) is 37.2 Å². The molecule has 1 unspecified atom stereocenters. The molecule has 8 heteroatoms. The van der Waals surface area contributed by atoms with E-state index in [1.807, 2.05) is 6.07 Å². The van der Waals surface area contributed by atoms with Gasteiger partial charge in [0.15, 0.2) is 5.13 Å². The zero-order valence-corrected chi connectivity index (χ0v) is 15.0. The van der Waals surface area contributed by atoms with E-state index in [-0.39, 0.29) is 11.8 Å². The molecule has 0 spiro atoms. The van der Waals surface area contributed by atoms with Crippen molar-refractivity contribution in [3.8, 4) is 0 Å². The lowest BCUT2D eigenvalue weighted by Gasteiger charge is -2.26. The standard InChI is InChI=1S/C16H15Cl2N3O2S/c17-9-1-2-10(12(18)7-9)11-8-13(22)19-15-14(11)24-16(20-15)21-3-5-23-6-4-21/h1-2,7,11H,3-6,8H2,(H,19,22). The Labute approximate surface area is 153 Å². The molecule has 126 valence electrons. The number of nitrogens with zero attached hydrogens (tertiary/aromatic N) is 2. The summed E-state index contributed by atoms with van der Waals surface area (Å²) in [6.45, 7) is 3.02. The number of thiazole rings is 1. The van der Waals surface area contributed by atoms with Crippen LogP contribution in [0, 0.1) is 0 Å². The topological polar surface area (TPSA) is 54.5 Å². The first-order valence-electron chi connectivity index (χ1n) is 7.70. The molecule has 2 aliphatic rings. The molecule has 0 radical (unpaired) electrons. The highest BCUT2D eigenvalue weighted by Gasteiger charge is 2.32. The number of anilines is 2. The number of halogens is 2. The van der Waals surface area contributed by atoms with Crippen molar-refractivity contribution >= 4 is 51.4 Å². The molecule has 1 saturated heterocycles. The third kappa shape index (κ3) is 2.99. The maximum Gasteiger partial charge on any atom is 0.226 e. The molecule has 2 aliphatic heterocycles. The first-order valence-corrected chi connectivity index (χ1v) is 9.27. The number of fused-ring (bicyclic) bond motifs is 1. The van der Waals surface area contributed by atoms with Gasteiger partial charge in [0.05, 0.1) is 18.1 Å². The predicted octanol–water partition coefficient (Wildman–Crippen LogP) is 3.76. The summed E-state index contributed by atoms with van der Waals surface area (Å²) in [5.74, 6) is 0.511. The Bertz CT molecular complexity index is 790. The molecule has 3 heterocycles. The molecule has 2 aromatic rings. The Morgan fingerprint density at radius 2 is 2.08 bits per heavy atom. The largest absolute Gasteiger partial charge is 0.378 e. The number of carbonyl (C=O) groups excluding carboxylic acids is 1. The molecule has 1 fully saturated rings. The maximum absolute atomic E-state index is 12.1. The van der Waals surface area contributed by atoms with Gasteiger partial charge in [-0.3, -0.25) is 4.79 Å². The number of hydrogen-bond acceptors (Lipinski definition) is 5. The van der Waals surface area contributed by atoms with Gasteiger partial charge in [0, 0.05) is 35.5 Å². The molecular weight excluding hydrogens is 369 g/mol. The van der Waals surface area contributed by atoms with Crippen LogP contribution in [0.4, 0.5) is 10.9 Å². The van der Waals surface area contributed by atoms with Crippen molar-refractivity contribution in [3.63, 3.8) is 0 Å². The smallest absolute Gasteiger partial charge is 0.226 e. The number of carbonyl (C=O) groups is 1. The number of ether oxygens (including phenoxy) is 1. The lowest BCUT2D eigenvalue weighted by atomic mass is 9.91. The van der Waals surface area contributed by atoms with Gasteiger partial charge >= 0.3 is 0 Å². The number of rotatable bonds is 2. The van der Waals surface area contributed by atoms with Crippen molar-refractivity contribution in [2.24, 2.45) is 0 Å². The lowest BCUT2D eigenvalue weighted by Crippen LogP contribution is -2.36. The Kier molecular flexibility index (Phi) is 4.39. The van der Waals surface area contributed by atoms with E-state index in [0.29, 0.717) is 35.5 Å². The minimum absolute atomic E-state index is 0.0441. The molecule has 1 atom stereocenters. The van der Waals surface area contributed by atoms with Crippen molar-refractivity contribution in [1.82, 2.24) is 4.98 Å². The molecule has 0 saturated carbocycles. The zero-order chi connectivity index (χ0) is 16.7. The highest BCUT2D eigenvalue weighted by atomic mass is 35.5. The van der Waals surface area contributed by atoms with Crippen LogP contribution in [0.15, 0.2) is 18.2 Å². The van der Waals surface area contributed by atoms with Crippen LogP contribution in [0.1, 0.15) is 22.8 Å². The number of amides is 1. The van der Waals surface area contributed by atoms with Crippen LogP contribution in [-0.2, 0) is 9.53 Å². The van der Waals surface area contributed by atoms with E-state index in [4.69, 9.17) is 27.9 Å². The summed E-state index contributed by atoms with van der Waals surface area (Å²) in [7, 11) is 0. The summed E-state index contributed by atoms with van der Waals surface area (Å²) in [4.78, 5) is 20.0. The number of benzene rings is 1. The Balaban J connectivity index is 1.73. The minimum Gasteiger partial charge on any atom is -0.378 e. The average Bonchev–Trinajstić information content (AvgIpc) is 2.99. The molecule has 0 aliphatic carbocycles. The van der Waals surface area contributed by atoms with Gasteiger partial charge in [0.25, 0.3) is 0 Å². The van der Waals surface area contributed by atoms with E-state index in [2.05, 4.69) is 15.2 Å². The Morgan fingerprint density at radius 1 is 1.29 bits per heavy atom. The van der Waals surface area contributed by atoms with Crippen LogP contribution in [0.2, 0.25) is 10.0 Å². The lowest BCUT2D eigenvalue weighted by molar-refractivity contribution is -0.116. The van der Waals surface area contributed by atoms with Gasteiger partial charge in [0.1, 0.15) is 5.82 Å². The molecule has 1 aromatic carbocycles. The fourth-order valence-corrected chi connectivity index (χ4v) is 4.76. The van der Waals surface area contributed by atoms with Crippen molar-refractivity contribution < 1.29 is 9.53 Å². The summed E-state index contributed by atoms with van der Waals surface area (Å²) >= 11 is 14.0. The van der Waals surface area contributed by atoms with E-state index >= 15 is 0 Å². The SMILES string of the molecule is O=C1CC(c2ccc(Cl)cc2Cl)c2sc(N3CCOCC3)nc2N1. The molecule has 1 N–H and O–H groups in total. The van der Waals surface area contributed by atoms with Crippen LogP contribution >= 0.6 is 34.5 Å². The van der Waals surface area contributed by atoms with E-state index in [1.165, 1.54) is 0 Å². The fraction of sp³-hybridized carbons (Fsp3) is 0.375. The predicted molar refractivity (Wildman–Crippen MR) is 96.7 cm³/mol. The number of hydrogen-bond donors (Lipinski definition) is 1. The second kappa shape index (κ2) is 6.52. The second-order valence-corrected chi connectivity index (χ2v) is 7.63. The summed E-state index contributed by atoms with van der Waals surface area (Å²) in [6, 6.07) is 5.42.